The number of hydrogen-bond donors (Lipinski definition) is 1. The lowest BCUT2D eigenvalue weighted by atomic mass is 10.3. The lowest BCUT2D eigenvalue weighted by Crippen LogP contribution is -2.30. The molecule has 0 fully saturated rings. The van der Waals surface area contributed by atoms with E-state index in [9.17, 15) is 8.42 Å². The highest BCUT2D eigenvalue weighted by molar-refractivity contribution is 7.89. The second-order valence-electron chi connectivity index (χ2n) is 7.66. The molecule has 2 aromatic heterocycles. The summed E-state index contributed by atoms with van der Waals surface area (Å²) < 4.78 is 29.5. The van der Waals surface area contributed by atoms with Gasteiger partial charge >= 0.3 is 0 Å². The van der Waals surface area contributed by atoms with Gasteiger partial charge in [0.05, 0.1) is 31.0 Å². The molecule has 0 saturated carbocycles. The quantitative estimate of drug-likeness (QED) is 0.206. The Morgan fingerprint density at radius 1 is 0.857 bits per heavy atom. The van der Waals surface area contributed by atoms with Crippen LogP contribution in [0.2, 0.25) is 0 Å². The van der Waals surface area contributed by atoms with Gasteiger partial charge in [0.15, 0.2) is 5.71 Å². The van der Waals surface area contributed by atoms with Crippen molar-refractivity contribution in [1.29, 1.82) is 0 Å². The molecule has 0 aliphatic rings. The van der Waals surface area contributed by atoms with Crippen molar-refractivity contribution in [2.75, 3.05) is 18.5 Å². The highest BCUT2D eigenvalue weighted by atomic mass is 32.2. The Morgan fingerprint density at radius 2 is 1.43 bits per heavy atom. The molecular weight excluding hydrogens is 499 g/mol. The molecule has 0 unspecified atom stereocenters. The van der Waals surface area contributed by atoms with Gasteiger partial charge in [-0.15, -0.1) is 22.7 Å². The average molecular weight is 522 g/mol. The maximum Gasteiger partial charge on any atom is 0.243 e. The van der Waals surface area contributed by atoms with Gasteiger partial charge in [-0.2, -0.15) is 9.41 Å². The van der Waals surface area contributed by atoms with Crippen LogP contribution < -0.4 is 5.43 Å². The van der Waals surface area contributed by atoms with Crippen LogP contribution in [-0.2, 0) is 10.0 Å². The number of rotatable bonds is 8. The lowest BCUT2D eigenvalue weighted by molar-refractivity contribution is 0.445. The van der Waals surface area contributed by atoms with E-state index >= 15 is 0 Å². The van der Waals surface area contributed by atoms with E-state index in [0.29, 0.717) is 24.5 Å². The number of benzene rings is 3. The Balaban J connectivity index is 1.56. The van der Waals surface area contributed by atoms with Crippen molar-refractivity contribution in [3.63, 3.8) is 0 Å². The van der Waals surface area contributed by atoms with E-state index in [4.69, 9.17) is 9.97 Å². The highest BCUT2D eigenvalue weighted by Gasteiger charge is 2.22. The number of para-hydroxylation sites is 2. The summed E-state index contributed by atoms with van der Waals surface area (Å²) >= 11 is 3.09. The predicted molar refractivity (Wildman–Crippen MR) is 145 cm³/mol. The van der Waals surface area contributed by atoms with Gasteiger partial charge < -0.3 is 0 Å². The van der Waals surface area contributed by atoms with Crippen LogP contribution in [0.15, 0.2) is 82.8 Å². The van der Waals surface area contributed by atoms with Crippen LogP contribution in [-0.4, -0.2) is 41.5 Å². The van der Waals surface area contributed by atoms with E-state index in [-0.39, 0.29) is 4.90 Å². The maximum absolute atomic E-state index is 13.0. The Kier molecular flexibility index (Phi) is 6.61. The van der Waals surface area contributed by atoms with E-state index in [2.05, 4.69) is 10.5 Å². The number of nitrogens with zero attached hydrogens (tertiary/aromatic N) is 4. The van der Waals surface area contributed by atoms with Gasteiger partial charge in [-0.1, -0.05) is 44.2 Å². The molecule has 0 bridgehead atoms. The Bertz CT molecular complexity index is 1490. The summed E-state index contributed by atoms with van der Waals surface area (Å²) in [7, 11) is -3.58. The number of hydrogen-bond acceptors (Lipinski definition) is 8. The minimum absolute atomic E-state index is 0.225. The minimum atomic E-state index is -3.58. The van der Waals surface area contributed by atoms with Crippen molar-refractivity contribution in [3.8, 4) is 0 Å². The van der Waals surface area contributed by atoms with Gasteiger partial charge in [-0.3, -0.25) is 5.43 Å². The molecule has 1 N–H and O–H groups in total. The molecule has 0 saturated heterocycles. The highest BCUT2D eigenvalue weighted by Crippen LogP contribution is 2.29. The summed E-state index contributed by atoms with van der Waals surface area (Å²) in [6.07, 6.45) is 0. The maximum atomic E-state index is 13.0. The molecular formula is C25H23N5O2S3. The standard InChI is InChI=1S/C25H23N5O2S3/c1-3-30(4-2)35(31,32)18-11-9-10-17(16-18)28-29-23(24-26-19-12-5-7-14-21(19)33-24)25-27-20-13-6-8-15-22(20)34-25/h5-16,28H,3-4H2,1-2H3. The molecule has 0 aliphatic carbocycles. The molecule has 3 aromatic carbocycles. The topological polar surface area (TPSA) is 87.5 Å². The fraction of sp³-hybridized carbons (Fsp3) is 0.160. The van der Waals surface area contributed by atoms with Crippen molar-refractivity contribution in [2.45, 2.75) is 18.7 Å². The third-order valence-corrected chi connectivity index (χ3v) is 9.60. The van der Waals surface area contributed by atoms with Gasteiger partial charge in [0, 0.05) is 13.1 Å². The SMILES string of the molecule is CCN(CC)S(=O)(=O)c1cccc(NN=C(c2nc3ccccc3s2)c2nc3ccccc3s2)c1. The molecule has 10 heteroatoms. The summed E-state index contributed by atoms with van der Waals surface area (Å²) in [6, 6.07) is 22.6. The molecule has 0 spiro atoms. The molecule has 7 nitrogen and oxygen atoms in total. The fourth-order valence-corrected chi connectivity index (χ4v) is 7.17. The molecule has 5 aromatic rings. The summed E-state index contributed by atoms with van der Waals surface area (Å²) in [4.78, 5) is 9.80. The van der Waals surface area contributed by atoms with Crippen molar-refractivity contribution in [1.82, 2.24) is 14.3 Å². The smallest absolute Gasteiger partial charge is 0.243 e. The molecule has 0 atom stereocenters. The summed E-state index contributed by atoms with van der Waals surface area (Å²) in [6.45, 7) is 4.48. The van der Waals surface area contributed by atoms with Crippen LogP contribution >= 0.6 is 22.7 Å². The second kappa shape index (κ2) is 9.82. The predicted octanol–water partition coefficient (Wildman–Crippen LogP) is 5.80. The van der Waals surface area contributed by atoms with Crippen molar-refractivity contribution in [2.24, 2.45) is 5.10 Å². The first kappa shape index (κ1) is 23.6. The molecule has 178 valence electrons. The summed E-state index contributed by atoms with van der Waals surface area (Å²) in [5.41, 5.74) is 6.03. The third-order valence-electron chi connectivity index (χ3n) is 5.47. The van der Waals surface area contributed by atoms with Crippen LogP contribution in [0.1, 0.15) is 23.9 Å². The van der Waals surface area contributed by atoms with Crippen LogP contribution in [0.5, 0.6) is 0 Å². The average Bonchev–Trinajstić information content (AvgIpc) is 3.49. The molecule has 2 heterocycles. The zero-order valence-electron chi connectivity index (χ0n) is 19.2. The van der Waals surface area contributed by atoms with Gasteiger partial charge in [-0.05, 0) is 42.5 Å². The molecule has 0 radical (unpaired) electrons. The number of nitrogens with one attached hydrogen (secondary N) is 1. The number of aromatic nitrogens is 2. The first-order valence-electron chi connectivity index (χ1n) is 11.2. The van der Waals surface area contributed by atoms with Crippen molar-refractivity contribution >= 4 is 64.5 Å². The molecule has 35 heavy (non-hydrogen) atoms. The molecule has 5 rings (SSSR count). The third kappa shape index (κ3) is 4.70. The van der Waals surface area contributed by atoms with Crippen molar-refractivity contribution < 1.29 is 8.42 Å². The lowest BCUT2D eigenvalue weighted by Gasteiger charge is -2.18. The molecule has 0 amide bonds. The first-order chi connectivity index (χ1) is 17.0. The minimum Gasteiger partial charge on any atom is -0.278 e. The van der Waals surface area contributed by atoms with Gasteiger partial charge in [0.1, 0.15) is 10.0 Å². The Morgan fingerprint density at radius 3 is 1.97 bits per heavy atom. The van der Waals surface area contributed by atoms with Gasteiger partial charge in [0.2, 0.25) is 10.0 Å². The van der Waals surface area contributed by atoms with Crippen LogP contribution in [0.4, 0.5) is 5.69 Å². The van der Waals surface area contributed by atoms with E-state index in [0.717, 1.165) is 30.4 Å². The number of hydrazone groups is 1. The first-order valence-corrected chi connectivity index (χ1v) is 14.2. The number of sulfonamides is 1. The number of anilines is 1. The number of thiazole rings is 2. The van der Waals surface area contributed by atoms with Crippen LogP contribution in [0.3, 0.4) is 0 Å². The van der Waals surface area contributed by atoms with Gasteiger partial charge in [-0.25, -0.2) is 18.4 Å². The van der Waals surface area contributed by atoms with Gasteiger partial charge in [0.25, 0.3) is 0 Å². The normalized spacial score (nSPS) is 11.9. The fourth-order valence-electron chi connectivity index (χ4n) is 3.69. The van der Waals surface area contributed by atoms with Crippen molar-refractivity contribution in [3.05, 3.63) is 82.8 Å². The zero-order valence-corrected chi connectivity index (χ0v) is 21.6. The largest absolute Gasteiger partial charge is 0.278 e. The van der Waals surface area contributed by atoms with E-state index in [1.54, 1.807) is 46.9 Å². The van der Waals surface area contributed by atoms with E-state index < -0.39 is 10.0 Å². The Labute approximate surface area is 211 Å². The van der Waals surface area contributed by atoms with Crippen LogP contribution in [0, 0.1) is 0 Å². The number of fused-ring (bicyclic) bond motifs is 2. The Hall–Kier alpha value is -3.18. The summed E-state index contributed by atoms with van der Waals surface area (Å²) in [5.74, 6) is 0. The van der Waals surface area contributed by atoms with E-state index in [1.807, 2.05) is 62.4 Å². The summed E-state index contributed by atoms with van der Waals surface area (Å²) in [5, 5.41) is 6.17. The molecule has 0 aliphatic heterocycles. The van der Waals surface area contributed by atoms with E-state index in [1.165, 1.54) is 4.31 Å². The monoisotopic (exact) mass is 521 g/mol. The van der Waals surface area contributed by atoms with Crippen LogP contribution in [0.25, 0.3) is 20.4 Å². The zero-order chi connectivity index (χ0) is 24.4. The second-order valence-corrected chi connectivity index (χ2v) is 11.7.